The number of halogens is 1. The van der Waals surface area contributed by atoms with E-state index in [1.54, 1.807) is 14.0 Å². The molecule has 0 radical (unpaired) electrons. The first kappa shape index (κ1) is 23.7. The van der Waals surface area contributed by atoms with Crippen LogP contribution < -0.4 is 16.1 Å². The lowest BCUT2D eigenvalue weighted by molar-refractivity contribution is -0.142. The number of nitrogen functional groups attached to an aromatic ring is 1. The van der Waals surface area contributed by atoms with E-state index >= 15 is 4.39 Å². The Morgan fingerprint density at radius 1 is 1.58 bits per heavy atom. The maximum atomic E-state index is 15.5. The Bertz CT molecular complexity index is 993. The summed E-state index contributed by atoms with van der Waals surface area (Å²) < 4.78 is 32.8. The van der Waals surface area contributed by atoms with Crippen molar-refractivity contribution in [2.24, 2.45) is 0 Å². The monoisotopic (exact) mass is 477 g/mol. The molecule has 1 unspecified atom stereocenters. The molecule has 12 nitrogen and oxygen atoms in total. The molecule has 1 aliphatic heterocycles. The molecule has 31 heavy (non-hydrogen) atoms. The lowest BCUT2D eigenvalue weighted by Crippen LogP contribution is -2.40. The van der Waals surface area contributed by atoms with Crippen LogP contribution in [0.25, 0.3) is 11.2 Å². The van der Waals surface area contributed by atoms with Gasteiger partial charge in [0.15, 0.2) is 28.9 Å². The van der Waals surface area contributed by atoms with Crippen LogP contribution in [0, 0.1) is 0 Å². The Hall–Kier alpha value is -1.96. The summed E-state index contributed by atoms with van der Waals surface area (Å²) in [5.74, 6) is -0.134. The lowest BCUT2D eigenvalue weighted by atomic mass is 9.98. The summed E-state index contributed by atoms with van der Waals surface area (Å²) >= 11 is 5.20. The molecule has 0 aromatic carbocycles. The summed E-state index contributed by atoms with van der Waals surface area (Å²) in [6.07, 6.45) is -2.43. The minimum atomic E-state index is -2.19. The number of carbonyl (C=O) groups is 1. The SMILES string of the molecule is CNc1nc(N)nc2c1ncn2[C@@H]1O[C@H](CO[PH](=S)N[C@@H](C)C(=O)OC)[C@@H](O)[C@@]1(C)F. The third-order valence-electron chi connectivity index (χ3n) is 4.91. The first-order chi connectivity index (χ1) is 14.6. The first-order valence-corrected chi connectivity index (χ1v) is 11.9. The fraction of sp³-hybridized carbons (Fsp3) is 0.625. The molecular weight excluding hydrogens is 452 g/mol. The van der Waals surface area contributed by atoms with Gasteiger partial charge in [0.05, 0.1) is 20.0 Å². The van der Waals surface area contributed by atoms with E-state index in [0.717, 1.165) is 0 Å². The minimum absolute atomic E-state index is 0.0262. The summed E-state index contributed by atoms with van der Waals surface area (Å²) in [7, 11) is 0.853. The normalized spacial score (nSPS) is 27.9. The van der Waals surface area contributed by atoms with E-state index in [2.05, 4.69) is 30.1 Å². The Morgan fingerprint density at radius 2 is 2.29 bits per heavy atom. The van der Waals surface area contributed by atoms with Gasteiger partial charge in [-0.25, -0.2) is 9.37 Å². The minimum Gasteiger partial charge on any atom is -0.468 e. The summed E-state index contributed by atoms with van der Waals surface area (Å²) in [5, 5.41) is 16.2. The molecule has 1 aliphatic rings. The zero-order valence-electron chi connectivity index (χ0n) is 17.3. The number of esters is 1. The van der Waals surface area contributed by atoms with Gasteiger partial charge in [-0.15, -0.1) is 0 Å². The zero-order valence-corrected chi connectivity index (χ0v) is 19.1. The number of anilines is 2. The Morgan fingerprint density at radius 3 is 2.94 bits per heavy atom. The summed E-state index contributed by atoms with van der Waals surface area (Å²) in [6.45, 7) is 2.62. The maximum Gasteiger partial charge on any atom is 0.322 e. The fourth-order valence-corrected chi connectivity index (χ4v) is 4.85. The second-order valence-electron chi connectivity index (χ2n) is 7.12. The van der Waals surface area contributed by atoms with E-state index < -0.39 is 43.2 Å². The van der Waals surface area contributed by atoms with Crippen LogP contribution >= 0.6 is 7.07 Å². The summed E-state index contributed by atoms with van der Waals surface area (Å²) in [5.41, 5.74) is 4.18. The molecule has 172 valence electrons. The van der Waals surface area contributed by atoms with Gasteiger partial charge in [0.25, 0.3) is 0 Å². The highest BCUT2D eigenvalue weighted by atomic mass is 32.4. The van der Waals surface area contributed by atoms with Crippen molar-refractivity contribution in [3.63, 3.8) is 0 Å². The van der Waals surface area contributed by atoms with Gasteiger partial charge in [-0.3, -0.25) is 14.4 Å². The first-order valence-electron chi connectivity index (χ1n) is 9.31. The van der Waals surface area contributed by atoms with Crippen molar-refractivity contribution >= 4 is 47.8 Å². The van der Waals surface area contributed by atoms with E-state index in [9.17, 15) is 9.90 Å². The number of aromatic nitrogens is 4. The predicted octanol–water partition coefficient (Wildman–Crippen LogP) is 0.111. The Labute approximate surface area is 183 Å². The third kappa shape index (κ3) is 4.64. The Kier molecular flexibility index (Phi) is 7.08. The largest absolute Gasteiger partial charge is 0.468 e. The van der Waals surface area contributed by atoms with E-state index in [1.807, 2.05) is 0 Å². The molecule has 2 aromatic rings. The van der Waals surface area contributed by atoms with Crippen molar-refractivity contribution in [2.75, 3.05) is 31.8 Å². The number of fused-ring (bicyclic) bond motifs is 1. The molecule has 0 bridgehead atoms. The van der Waals surface area contributed by atoms with Gasteiger partial charge in [-0.1, -0.05) is 11.8 Å². The number of hydrogen-bond acceptors (Lipinski definition) is 11. The number of ether oxygens (including phenoxy) is 2. The smallest absolute Gasteiger partial charge is 0.322 e. The third-order valence-corrected chi connectivity index (χ3v) is 6.72. The van der Waals surface area contributed by atoms with Crippen LogP contribution in [0.5, 0.6) is 0 Å². The quantitative estimate of drug-likeness (QED) is 0.301. The van der Waals surface area contributed by atoms with Gasteiger partial charge in [0.1, 0.15) is 25.3 Å². The van der Waals surface area contributed by atoms with Crippen LogP contribution in [-0.2, 0) is 30.6 Å². The van der Waals surface area contributed by atoms with Crippen LogP contribution in [0.15, 0.2) is 6.33 Å². The van der Waals surface area contributed by atoms with Crippen LogP contribution in [0.3, 0.4) is 0 Å². The molecular formula is C16H25FN7O5PS. The van der Waals surface area contributed by atoms with Crippen molar-refractivity contribution in [1.82, 2.24) is 24.6 Å². The average Bonchev–Trinajstić information content (AvgIpc) is 3.23. The van der Waals surface area contributed by atoms with Crippen LogP contribution in [0.1, 0.15) is 20.1 Å². The van der Waals surface area contributed by atoms with Gasteiger partial charge >= 0.3 is 5.97 Å². The number of rotatable bonds is 8. The number of nitrogens with two attached hydrogens (primary N) is 1. The molecule has 3 heterocycles. The number of aliphatic hydroxyl groups is 1. The van der Waals surface area contributed by atoms with Gasteiger partial charge in [-0.2, -0.15) is 9.97 Å². The van der Waals surface area contributed by atoms with Gasteiger partial charge in [0, 0.05) is 7.05 Å². The summed E-state index contributed by atoms with van der Waals surface area (Å²) in [6, 6.07) is -0.658. The molecule has 5 N–H and O–H groups in total. The number of methoxy groups -OCH3 is 1. The number of imidazole rings is 1. The number of carbonyl (C=O) groups excluding carboxylic acids is 1. The average molecular weight is 477 g/mol. The second-order valence-corrected chi connectivity index (χ2v) is 9.38. The van der Waals surface area contributed by atoms with Gasteiger partial charge < -0.3 is 30.2 Å². The molecule has 1 fully saturated rings. The molecule has 6 atom stereocenters. The molecule has 2 aromatic heterocycles. The van der Waals surface area contributed by atoms with E-state index in [-0.39, 0.29) is 18.2 Å². The van der Waals surface area contributed by atoms with Crippen molar-refractivity contribution in [1.29, 1.82) is 0 Å². The highest BCUT2D eigenvalue weighted by molar-refractivity contribution is 8.02. The number of aliphatic hydroxyl groups excluding tert-OH is 1. The van der Waals surface area contributed by atoms with Crippen molar-refractivity contribution in [3.05, 3.63) is 6.33 Å². The van der Waals surface area contributed by atoms with Crippen molar-refractivity contribution < 1.29 is 28.3 Å². The van der Waals surface area contributed by atoms with Gasteiger partial charge in [0.2, 0.25) is 5.95 Å². The molecule has 3 rings (SSSR count). The van der Waals surface area contributed by atoms with Crippen molar-refractivity contribution in [2.45, 2.75) is 44.0 Å². The zero-order chi connectivity index (χ0) is 22.9. The van der Waals surface area contributed by atoms with E-state index in [0.29, 0.717) is 11.3 Å². The molecule has 1 saturated heterocycles. The molecule has 15 heteroatoms. The number of alkyl halides is 1. The van der Waals surface area contributed by atoms with Crippen LogP contribution in [0.2, 0.25) is 0 Å². The Balaban J connectivity index is 1.76. The van der Waals surface area contributed by atoms with E-state index in [4.69, 9.17) is 26.8 Å². The number of nitrogens with zero attached hydrogens (tertiary/aromatic N) is 4. The van der Waals surface area contributed by atoms with E-state index in [1.165, 1.54) is 24.9 Å². The van der Waals surface area contributed by atoms with Crippen LogP contribution in [-0.4, -0.2) is 75.3 Å². The highest BCUT2D eigenvalue weighted by Crippen LogP contribution is 2.43. The van der Waals surface area contributed by atoms with Crippen LogP contribution in [0.4, 0.5) is 16.2 Å². The number of hydrogen-bond donors (Lipinski definition) is 4. The topological polar surface area (TPSA) is 159 Å². The highest BCUT2D eigenvalue weighted by Gasteiger charge is 2.55. The summed E-state index contributed by atoms with van der Waals surface area (Å²) in [4.78, 5) is 23.9. The maximum absolute atomic E-state index is 15.5. The second kappa shape index (κ2) is 9.27. The molecule has 0 amide bonds. The fourth-order valence-electron chi connectivity index (χ4n) is 3.24. The predicted molar refractivity (Wildman–Crippen MR) is 115 cm³/mol. The lowest BCUT2D eigenvalue weighted by Gasteiger charge is -2.24. The number of nitrogens with one attached hydrogen (secondary N) is 2. The van der Waals surface area contributed by atoms with Gasteiger partial charge in [-0.05, 0) is 13.8 Å². The van der Waals surface area contributed by atoms with Crippen molar-refractivity contribution in [3.8, 4) is 0 Å². The standard InChI is InChI=1S/C16H25FN7O5PS/c1-7(13(26)27-4)23-30(31)28-5-8-10(25)16(2,17)14(29-8)24-6-20-9-11(19-3)21-15(18)22-12(9)24/h6-8,10,14,25,30H,5H2,1-4H3,(H,23,31)(H3,18,19,21,22)/t7-,8+,10+,14+,16+/m0/s1. The molecule has 0 saturated carbocycles. The molecule has 0 aliphatic carbocycles. The molecule has 0 spiro atoms.